The molecule has 1 saturated heterocycles. The fourth-order valence-electron chi connectivity index (χ4n) is 3.37. The van der Waals surface area contributed by atoms with Crippen LogP contribution in [0.2, 0.25) is 0 Å². The molecule has 1 aliphatic rings. The second-order valence-corrected chi connectivity index (χ2v) is 7.62. The molecule has 3 aromatic rings. The number of carbonyl (C=O) groups excluding carboxylic acids is 1. The van der Waals surface area contributed by atoms with Crippen LogP contribution >= 0.6 is 11.3 Å². The predicted octanol–water partition coefficient (Wildman–Crippen LogP) is 3.73. The van der Waals surface area contributed by atoms with E-state index >= 15 is 0 Å². The summed E-state index contributed by atoms with van der Waals surface area (Å²) in [7, 11) is 0. The Balaban J connectivity index is 1.52. The van der Waals surface area contributed by atoms with Gasteiger partial charge in [0.15, 0.2) is 5.13 Å². The van der Waals surface area contributed by atoms with Crippen LogP contribution in [0.5, 0.6) is 0 Å². The van der Waals surface area contributed by atoms with E-state index in [9.17, 15) is 9.18 Å². The molecule has 0 unspecified atom stereocenters. The highest BCUT2D eigenvalue weighted by atomic mass is 32.1. The molecule has 0 spiro atoms. The number of aryl methyl sites for hydroxylation is 1. The summed E-state index contributed by atoms with van der Waals surface area (Å²) in [5.74, 6) is 0.876. The van der Waals surface area contributed by atoms with E-state index in [0.717, 1.165) is 18.4 Å². The van der Waals surface area contributed by atoms with E-state index < -0.39 is 0 Å². The minimum atomic E-state index is -0.267. The Labute approximate surface area is 159 Å². The molecule has 3 heterocycles. The first-order chi connectivity index (χ1) is 13.0. The Morgan fingerprint density at radius 2 is 2.19 bits per heavy atom. The summed E-state index contributed by atoms with van der Waals surface area (Å²) in [5.41, 5.74) is 7.32. The van der Waals surface area contributed by atoms with Crippen LogP contribution in [0.1, 0.15) is 51.5 Å². The topological polar surface area (TPSA) is 85.2 Å². The van der Waals surface area contributed by atoms with Gasteiger partial charge in [-0.3, -0.25) is 4.79 Å². The van der Waals surface area contributed by atoms with Gasteiger partial charge in [0.05, 0.1) is 11.9 Å². The van der Waals surface area contributed by atoms with Crippen LogP contribution in [0, 0.1) is 12.7 Å². The third-order valence-electron chi connectivity index (χ3n) is 4.67. The lowest BCUT2D eigenvalue weighted by molar-refractivity contribution is 0.0718. The molecule has 2 N–H and O–H groups in total. The van der Waals surface area contributed by atoms with Crippen molar-refractivity contribution in [2.75, 3.05) is 12.3 Å². The average molecular weight is 386 g/mol. The lowest BCUT2D eigenvalue weighted by atomic mass is 10.1. The number of hydrogen-bond donors (Lipinski definition) is 1. The van der Waals surface area contributed by atoms with Gasteiger partial charge in [-0.25, -0.2) is 14.4 Å². The SMILES string of the molecule is Cc1nc(N)sc1C(=O)N1CCC[C@@H]1c1ncc(Cc2ccc(F)cc2)o1. The quantitative estimate of drug-likeness (QED) is 0.738. The molecule has 4 rings (SSSR count). The van der Waals surface area contributed by atoms with Crippen molar-refractivity contribution in [3.05, 3.63) is 64.1 Å². The van der Waals surface area contributed by atoms with E-state index in [2.05, 4.69) is 9.97 Å². The number of halogens is 1. The van der Waals surface area contributed by atoms with Crippen LogP contribution in [0.15, 0.2) is 34.9 Å². The highest BCUT2D eigenvalue weighted by Crippen LogP contribution is 2.34. The fourth-order valence-corrected chi connectivity index (χ4v) is 4.16. The first-order valence-corrected chi connectivity index (χ1v) is 9.56. The molecule has 0 radical (unpaired) electrons. The number of thiazole rings is 1. The molecular weight excluding hydrogens is 367 g/mol. The van der Waals surface area contributed by atoms with Gasteiger partial charge < -0.3 is 15.1 Å². The van der Waals surface area contributed by atoms with Gasteiger partial charge in [0.25, 0.3) is 5.91 Å². The minimum absolute atomic E-state index is 0.0810. The van der Waals surface area contributed by atoms with Crippen LogP contribution in [0.25, 0.3) is 0 Å². The molecule has 0 aliphatic carbocycles. The maximum absolute atomic E-state index is 13.0. The number of hydrogen-bond acceptors (Lipinski definition) is 6. The third-order valence-corrected chi connectivity index (χ3v) is 5.64. The van der Waals surface area contributed by atoms with Gasteiger partial charge in [0.1, 0.15) is 22.5 Å². The summed E-state index contributed by atoms with van der Waals surface area (Å²) in [5, 5.41) is 0.393. The molecule has 0 saturated carbocycles. The Morgan fingerprint density at radius 3 is 2.89 bits per heavy atom. The van der Waals surface area contributed by atoms with E-state index in [4.69, 9.17) is 10.2 Å². The molecule has 8 heteroatoms. The van der Waals surface area contributed by atoms with Crippen molar-refractivity contribution in [2.24, 2.45) is 0 Å². The number of nitrogen functional groups attached to an aromatic ring is 1. The van der Waals surface area contributed by atoms with Crippen molar-refractivity contribution in [3.8, 4) is 0 Å². The summed E-state index contributed by atoms with van der Waals surface area (Å²) >= 11 is 1.21. The van der Waals surface area contributed by atoms with Crippen molar-refractivity contribution in [2.45, 2.75) is 32.2 Å². The number of nitrogens with two attached hydrogens (primary N) is 1. The molecule has 1 atom stereocenters. The second kappa shape index (κ2) is 7.11. The van der Waals surface area contributed by atoms with Crippen LogP contribution in [0.4, 0.5) is 9.52 Å². The van der Waals surface area contributed by atoms with Crippen molar-refractivity contribution >= 4 is 22.4 Å². The monoisotopic (exact) mass is 386 g/mol. The summed E-state index contributed by atoms with van der Waals surface area (Å²) in [6.07, 6.45) is 3.89. The molecule has 1 aromatic carbocycles. The number of aromatic nitrogens is 2. The highest BCUT2D eigenvalue weighted by Gasteiger charge is 2.35. The van der Waals surface area contributed by atoms with Crippen molar-refractivity contribution in [3.63, 3.8) is 0 Å². The molecular formula is C19H19FN4O2S. The van der Waals surface area contributed by atoms with E-state index in [1.807, 2.05) is 0 Å². The largest absolute Gasteiger partial charge is 0.443 e. The molecule has 1 amide bonds. The molecule has 6 nitrogen and oxygen atoms in total. The number of carbonyl (C=O) groups is 1. The zero-order valence-electron chi connectivity index (χ0n) is 14.8. The summed E-state index contributed by atoms with van der Waals surface area (Å²) in [6.45, 7) is 2.44. The summed E-state index contributed by atoms with van der Waals surface area (Å²) in [6, 6.07) is 6.10. The summed E-state index contributed by atoms with van der Waals surface area (Å²) in [4.78, 5) is 23.8. The molecule has 1 aliphatic heterocycles. The molecule has 140 valence electrons. The molecule has 27 heavy (non-hydrogen) atoms. The number of likely N-dealkylation sites (tertiary alicyclic amines) is 1. The van der Waals surface area contributed by atoms with Gasteiger partial charge in [-0.2, -0.15) is 0 Å². The highest BCUT2D eigenvalue weighted by molar-refractivity contribution is 7.17. The van der Waals surface area contributed by atoms with Crippen LogP contribution < -0.4 is 5.73 Å². The Morgan fingerprint density at radius 1 is 1.41 bits per heavy atom. The van der Waals surface area contributed by atoms with Gasteiger partial charge in [0, 0.05) is 13.0 Å². The van der Waals surface area contributed by atoms with E-state index in [0.29, 0.717) is 40.3 Å². The Kier molecular flexibility index (Phi) is 4.65. The number of oxazole rings is 1. The fraction of sp³-hybridized carbons (Fsp3) is 0.316. The van der Waals surface area contributed by atoms with Gasteiger partial charge >= 0.3 is 0 Å². The Hall–Kier alpha value is -2.74. The standard InChI is InChI=1S/C19H19FN4O2S/c1-11-16(27-19(21)23-11)18(25)24-8-2-3-15(24)17-22-10-14(26-17)9-12-4-6-13(20)7-5-12/h4-7,10,15H,2-3,8-9H2,1H3,(H2,21,23)/t15-/m1/s1. The molecule has 0 bridgehead atoms. The van der Waals surface area contributed by atoms with Crippen molar-refractivity contribution in [1.29, 1.82) is 0 Å². The number of rotatable bonds is 4. The zero-order chi connectivity index (χ0) is 19.0. The van der Waals surface area contributed by atoms with E-state index in [1.165, 1.54) is 23.5 Å². The van der Waals surface area contributed by atoms with Gasteiger partial charge in [0.2, 0.25) is 5.89 Å². The first kappa shape index (κ1) is 17.7. The first-order valence-electron chi connectivity index (χ1n) is 8.74. The predicted molar refractivity (Wildman–Crippen MR) is 100.0 cm³/mol. The van der Waals surface area contributed by atoms with Crippen molar-refractivity contribution in [1.82, 2.24) is 14.9 Å². The van der Waals surface area contributed by atoms with Crippen LogP contribution in [-0.2, 0) is 6.42 Å². The molecule has 2 aromatic heterocycles. The van der Waals surface area contributed by atoms with Crippen molar-refractivity contribution < 1.29 is 13.6 Å². The lowest BCUT2D eigenvalue weighted by Gasteiger charge is -2.21. The van der Waals surface area contributed by atoms with Crippen LogP contribution in [-0.4, -0.2) is 27.3 Å². The Bertz CT molecular complexity index is 967. The maximum Gasteiger partial charge on any atom is 0.266 e. The number of benzene rings is 1. The van der Waals surface area contributed by atoms with Gasteiger partial charge in [-0.1, -0.05) is 23.5 Å². The van der Waals surface area contributed by atoms with E-state index in [-0.39, 0.29) is 17.8 Å². The third kappa shape index (κ3) is 3.57. The smallest absolute Gasteiger partial charge is 0.266 e. The number of nitrogens with zero attached hydrogens (tertiary/aromatic N) is 3. The molecule has 1 fully saturated rings. The number of anilines is 1. The van der Waals surface area contributed by atoms with Crippen LogP contribution in [0.3, 0.4) is 0 Å². The minimum Gasteiger partial charge on any atom is -0.443 e. The van der Waals surface area contributed by atoms with Gasteiger partial charge in [-0.05, 0) is 37.5 Å². The second-order valence-electron chi connectivity index (χ2n) is 6.59. The summed E-state index contributed by atoms with van der Waals surface area (Å²) < 4.78 is 19.0. The average Bonchev–Trinajstić information content (AvgIpc) is 3.36. The number of amides is 1. The zero-order valence-corrected chi connectivity index (χ0v) is 15.6. The van der Waals surface area contributed by atoms with E-state index in [1.54, 1.807) is 30.2 Å². The normalized spacial score (nSPS) is 16.8. The van der Waals surface area contributed by atoms with Gasteiger partial charge in [-0.15, -0.1) is 0 Å². The maximum atomic E-state index is 13.0. The lowest BCUT2D eigenvalue weighted by Crippen LogP contribution is -2.30.